The van der Waals surface area contributed by atoms with Gasteiger partial charge in [-0.3, -0.25) is 4.79 Å². The zero-order chi connectivity index (χ0) is 10.7. The molecule has 0 atom stereocenters. The SMILES string of the molecule is O=Cc1ccccc1-c1ccccc1I. The van der Waals surface area contributed by atoms with Gasteiger partial charge in [-0.05, 0) is 39.8 Å². The largest absolute Gasteiger partial charge is 0.298 e. The molecule has 0 unspecified atom stereocenters. The number of aldehydes is 1. The third kappa shape index (κ3) is 2.09. The van der Waals surface area contributed by atoms with Gasteiger partial charge < -0.3 is 0 Å². The molecule has 0 heterocycles. The third-order valence-electron chi connectivity index (χ3n) is 2.25. The first-order valence-corrected chi connectivity index (χ1v) is 5.70. The molecule has 2 rings (SSSR count). The lowest BCUT2D eigenvalue weighted by Crippen LogP contribution is -1.88. The molecule has 0 radical (unpaired) electrons. The Morgan fingerprint density at radius 3 is 2.13 bits per heavy atom. The quantitative estimate of drug-likeness (QED) is 0.610. The van der Waals surface area contributed by atoms with Crippen LogP contribution in [0.25, 0.3) is 11.1 Å². The monoisotopic (exact) mass is 308 g/mol. The van der Waals surface area contributed by atoms with E-state index in [1.807, 2.05) is 48.5 Å². The zero-order valence-electron chi connectivity index (χ0n) is 7.98. The molecule has 2 heteroatoms. The number of carbonyl (C=O) groups excluding carboxylic acids is 1. The first kappa shape index (κ1) is 10.4. The Bertz CT molecular complexity index is 491. The average Bonchev–Trinajstić information content (AvgIpc) is 2.30. The van der Waals surface area contributed by atoms with Gasteiger partial charge in [0, 0.05) is 9.13 Å². The van der Waals surface area contributed by atoms with Crippen LogP contribution in [0.15, 0.2) is 48.5 Å². The van der Waals surface area contributed by atoms with Crippen molar-refractivity contribution >= 4 is 28.9 Å². The van der Waals surface area contributed by atoms with E-state index in [4.69, 9.17) is 0 Å². The molecule has 0 aliphatic heterocycles. The summed E-state index contributed by atoms with van der Waals surface area (Å²) in [5.74, 6) is 0. The summed E-state index contributed by atoms with van der Waals surface area (Å²) in [7, 11) is 0. The van der Waals surface area contributed by atoms with Gasteiger partial charge in [-0.1, -0.05) is 42.5 Å². The van der Waals surface area contributed by atoms with Crippen molar-refractivity contribution in [3.63, 3.8) is 0 Å². The molecular formula is C13H9IO. The molecule has 0 aromatic heterocycles. The molecule has 0 aliphatic carbocycles. The van der Waals surface area contributed by atoms with Crippen molar-refractivity contribution in [1.82, 2.24) is 0 Å². The first-order chi connectivity index (χ1) is 7.33. The predicted molar refractivity (Wildman–Crippen MR) is 70.0 cm³/mol. The van der Waals surface area contributed by atoms with Crippen molar-refractivity contribution in [2.24, 2.45) is 0 Å². The molecule has 0 N–H and O–H groups in total. The molecule has 0 spiro atoms. The van der Waals surface area contributed by atoms with Gasteiger partial charge in [-0.15, -0.1) is 0 Å². The highest BCUT2D eigenvalue weighted by molar-refractivity contribution is 14.1. The number of hydrogen-bond donors (Lipinski definition) is 0. The van der Waals surface area contributed by atoms with E-state index in [1.165, 1.54) is 0 Å². The van der Waals surface area contributed by atoms with E-state index in [2.05, 4.69) is 22.6 Å². The van der Waals surface area contributed by atoms with Crippen LogP contribution in [-0.4, -0.2) is 6.29 Å². The molecular weight excluding hydrogens is 299 g/mol. The molecule has 74 valence electrons. The average molecular weight is 308 g/mol. The maximum Gasteiger partial charge on any atom is 0.150 e. The number of hydrogen-bond acceptors (Lipinski definition) is 1. The lowest BCUT2D eigenvalue weighted by atomic mass is 10.0. The van der Waals surface area contributed by atoms with Crippen LogP contribution < -0.4 is 0 Å². The zero-order valence-corrected chi connectivity index (χ0v) is 10.1. The number of carbonyl (C=O) groups is 1. The van der Waals surface area contributed by atoms with Crippen molar-refractivity contribution < 1.29 is 4.79 Å². The van der Waals surface area contributed by atoms with Crippen LogP contribution in [0.1, 0.15) is 10.4 Å². The van der Waals surface area contributed by atoms with Gasteiger partial charge in [0.2, 0.25) is 0 Å². The van der Waals surface area contributed by atoms with E-state index in [-0.39, 0.29) is 0 Å². The van der Waals surface area contributed by atoms with Crippen LogP contribution in [-0.2, 0) is 0 Å². The smallest absolute Gasteiger partial charge is 0.150 e. The number of halogens is 1. The fourth-order valence-electron chi connectivity index (χ4n) is 1.52. The summed E-state index contributed by atoms with van der Waals surface area (Å²) in [4.78, 5) is 10.9. The Kier molecular flexibility index (Phi) is 3.16. The van der Waals surface area contributed by atoms with Crippen molar-refractivity contribution in [3.8, 4) is 11.1 Å². The molecule has 0 saturated heterocycles. The normalized spacial score (nSPS) is 9.93. The highest BCUT2D eigenvalue weighted by atomic mass is 127. The fourth-order valence-corrected chi connectivity index (χ4v) is 2.20. The van der Waals surface area contributed by atoms with Crippen molar-refractivity contribution in [2.45, 2.75) is 0 Å². The molecule has 0 fully saturated rings. The van der Waals surface area contributed by atoms with E-state index in [9.17, 15) is 4.79 Å². The Morgan fingerprint density at radius 1 is 0.867 bits per heavy atom. The number of rotatable bonds is 2. The minimum absolute atomic E-state index is 0.738. The number of benzene rings is 2. The van der Waals surface area contributed by atoms with Crippen LogP contribution >= 0.6 is 22.6 Å². The Hall–Kier alpha value is -1.16. The lowest BCUT2D eigenvalue weighted by Gasteiger charge is -2.06. The van der Waals surface area contributed by atoms with E-state index >= 15 is 0 Å². The molecule has 0 aliphatic rings. The summed E-state index contributed by atoms with van der Waals surface area (Å²) in [5, 5.41) is 0. The summed E-state index contributed by atoms with van der Waals surface area (Å²) in [6.07, 6.45) is 0.901. The van der Waals surface area contributed by atoms with E-state index < -0.39 is 0 Å². The fraction of sp³-hybridized carbons (Fsp3) is 0. The second-order valence-electron chi connectivity index (χ2n) is 3.18. The van der Waals surface area contributed by atoms with Gasteiger partial charge in [-0.2, -0.15) is 0 Å². The molecule has 0 saturated carbocycles. The van der Waals surface area contributed by atoms with Crippen LogP contribution in [0.3, 0.4) is 0 Å². The van der Waals surface area contributed by atoms with Gasteiger partial charge in [0.15, 0.2) is 6.29 Å². The summed E-state index contributed by atoms with van der Waals surface area (Å²) >= 11 is 2.28. The first-order valence-electron chi connectivity index (χ1n) is 4.62. The van der Waals surface area contributed by atoms with Crippen molar-refractivity contribution in [2.75, 3.05) is 0 Å². The van der Waals surface area contributed by atoms with Gasteiger partial charge in [0.05, 0.1) is 0 Å². The minimum atomic E-state index is 0.738. The topological polar surface area (TPSA) is 17.1 Å². The lowest BCUT2D eigenvalue weighted by molar-refractivity contribution is 0.112. The van der Waals surface area contributed by atoms with Crippen LogP contribution in [0.4, 0.5) is 0 Å². The highest BCUT2D eigenvalue weighted by Crippen LogP contribution is 2.26. The minimum Gasteiger partial charge on any atom is -0.298 e. The molecule has 0 bridgehead atoms. The standard InChI is InChI=1S/C13H9IO/c14-13-8-4-3-7-12(13)11-6-2-1-5-10(11)9-15/h1-9H. The summed E-state index contributed by atoms with van der Waals surface area (Å²) in [6, 6.07) is 15.7. The van der Waals surface area contributed by atoms with Crippen LogP contribution in [0, 0.1) is 3.57 Å². The second-order valence-corrected chi connectivity index (χ2v) is 4.35. The second kappa shape index (κ2) is 4.57. The molecule has 2 aromatic carbocycles. The van der Waals surface area contributed by atoms with Gasteiger partial charge in [0.1, 0.15) is 0 Å². The van der Waals surface area contributed by atoms with Crippen molar-refractivity contribution in [1.29, 1.82) is 0 Å². The summed E-state index contributed by atoms with van der Waals surface area (Å²) in [5.41, 5.74) is 2.85. The summed E-state index contributed by atoms with van der Waals surface area (Å²) < 4.78 is 1.16. The maximum absolute atomic E-state index is 10.9. The van der Waals surface area contributed by atoms with Crippen LogP contribution in [0.2, 0.25) is 0 Å². The van der Waals surface area contributed by atoms with E-state index in [0.717, 1.165) is 26.5 Å². The van der Waals surface area contributed by atoms with Gasteiger partial charge >= 0.3 is 0 Å². The van der Waals surface area contributed by atoms with Crippen LogP contribution in [0.5, 0.6) is 0 Å². The Balaban J connectivity index is 2.64. The Labute approximate surface area is 102 Å². The highest BCUT2D eigenvalue weighted by Gasteiger charge is 2.05. The predicted octanol–water partition coefficient (Wildman–Crippen LogP) is 3.77. The molecule has 15 heavy (non-hydrogen) atoms. The van der Waals surface area contributed by atoms with Crippen molar-refractivity contribution in [3.05, 3.63) is 57.7 Å². The third-order valence-corrected chi connectivity index (χ3v) is 3.19. The molecule has 0 amide bonds. The van der Waals surface area contributed by atoms with E-state index in [1.54, 1.807) is 0 Å². The Morgan fingerprint density at radius 2 is 1.47 bits per heavy atom. The van der Waals surface area contributed by atoms with Gasteiger partial charge in [0.25, 0.3) is 0 Å². The van der Waals surface area contributed by atoms with Gasteiger partial charge in [-0.25, -0.2) is 0 Å². The molecule has 1 nitrogen and oxygen atoms in total. The molecule has 2 aromatic rings. The van der Waals surface area contributed by atoms with E-state index in [0.29, 0.717) is 0 Å². The maximum atomic E-state index is 10.9. The summed E-state index contributed by atoms with van der Waals surface area (Å²) in [6.45, 7) is 0.